The van der Waals surface area contributed by atoms with E-state index in [-0.39, 0.29) is 0 Å². The second kappa shape index (κ2) is 7.03. The smallest absolute Gasteiger partial charge is 0.123 e. The van der Waals surface area contributed by atoms with Gasteiger partial charge in [0.05, 0.1) is 12.2 Å². The zero-order valence-electron chi connectivity index (χ0n) is 13.2. The molecule has 0 aliphatic heterocycles. The number of aliphatic hydroxyl groups is 1. The molecule has 1 saturated carbocycles. The monoisotopic (exact) mass is 292 g/mol. The molecule has 0 saturated heterocycles. The van der Waals surface area contributed by atoms with Crippen LogP contribution in [-0.4, -0.2) is 23.9 Å². The lowest BCUT2D eigenvalue weighted by molar-refractivity contribution is 0.00229. The van der Waals surface area contributed by atoms with Crippen LogP contribution in [0, 0.1) is 5.92 Å². The Morgan fingerprint density at radius 1 is 1.29 bits per heavy atom. The Hall–Kier alpha value is -1.42. The molecule has 1 aromatic carbocycles. The largest absolute Gasteiger partial charge is 0.494 e. The molecule has 1 aliphatic carbocycles. The summed E-state index contributed by atoms with van der Waals surface area (Å²) in [6, 6.07) is 5.63. The molecule has 1 fully saturated rings. The van der Waals surface area contributed by atoms with E-state index in [9.17, 15) is 5.11 Å². The van der Waals surface area contributed by atoms with Gasteiger partial charge < -0.3 is 20.9 Å². The number of nitrogen functional groups attached to an aromatic ring is 1. The van der Waals surface area contributed by atoms with Crippen molar-refractivity contribution in [2.45, 2.75) is 51.6 Å². The van der Waals surface area contributed by atoms with Crippen LogP contribution in [0.2, 0.25) is 0 Å². The maximum absolute atomic E-state index is 10.7. The molecule has 4 N–H and O–H groups in total. The fourth-order valence-electron chi connectivity index (χ4n) is 3.04. The fraction of sp³-hybridized carbons (Fsp3) is 0.647. The molecule has 4 heteroatoms. The number of rotatable bonds is 6. The van der Waals surface area contributed by atoms with Gasteiger partial charge in [0, 0.05) is 30.1 Å². The molecule has 0 radical (unpaired) electrons. The van der Waals surface area contributed by atoms with Gasteiger partial charge in [0.2, 0.25) is 0 Å². The van der Waals surface area contributed by atoms with Crippen molar-refractivity contribution >= 4 is 11.4 Å². The van der Waals surface area contributed by atoms with Gasteiger partial charge >= 0.3 is 0 Å². The molecule has 0 unspecified atom stereocenters. The van der Waals surface area contributed by atoms with Gasteiger partial charge in [-0.15, -0.1) is 0 Å². The summed E-state index contributed by atoms with van der Waals surface area (Å²) in [6.45, 7) is 5.37. The summed E-state index contributed by atoms with van der Waals surface area (Å²) in [5, 5.41) is 14.0. The minimum atomic E-state index is -0.595. The highest BCUT2D eigenvalue weighted by Gasteiger charge is 2.32. The number of hydrogen-bond donors (Lipinski definition) is 3. The van der Waals surface area contributed by atoms with Crippen molar-refractivity contribution in [2.24, 2.45) is 5.92 Å². The SMILES string of the molecule is CCOc1cc(N)cc(NCC2(O)CCC(CC)CC2)c1. The second-order valence-electron chi connectivity index (χ2n) is 6.15. The summed E-state index contributed by atoms with van der Waals surface area (Å²) in [4.78, 5) is 0. The summed E-state index contributed by atoms with van der Waals surface area (Å²) in [6.07, 6.45) is 5.21. The summed E-state index contributed by atoms with van der Waals surface area (Å²) in [5.41, 5.74) is 6.87. The number of ether oxygens (including phenoxy) is 1. The number of nitrogens with one attached hydrogen (secondary N) is 1. The van der Waals surface area contributed by atoms with Crippen LogP contribution in [0.3, 0.4) is 0 Å². The van der Waals surface area contributed by atoms with Gasteiger partial charge in [0.1, 0.15) is 5.75 Å². The van der Waals surface area contributed by atoms with Gasteiger partial charge in [-0.2, -0.15) is 0 Å². The molecule has 1 aromatic rings. The highest BCUT2D eigenvalue weighted by atomic mass is 16.5. The minimum Gasteiger partial charge on any atom is -0.494 e. The predicted molar refractivity (Wildman–Crippen MR) is 87.7 cm³/mol. The van der Waals surface area contributed by atoms with Crippen LogP contribution in [-0.2, 0) is 0 Å². The Morgan fingerprint density at radius 3 is 2.62 bits per heavy atom. The lowest BCUT2D eigenvalue weighted by Crippen LogP contribution is -2.40. The van der Waals surface area contributed by atoms with Crippen LogP contribution < -0.4 is 15.8 Å². The topological polar surface area (TPSA) is 67.5 Å². The van der Waals surface area contributed by atoms with E-state index in [0.717, 1.165) is 43.0 Å². The number of hydrogen-bond acceptors (Lipinski definition) is 4. The molecule has 21 heavy (non-hydrogen) atoms. The third kappa shape index (κ3) is 4.53. The first-order chi connectivity index (χ1) is 10.0. The quantitative estimate of drug-likeness (QED) is 0.703. The molecular formula is C17H28N2O2. The Morgan fingerprint density at radius 2 is 2.00 bits per heavy atom. The molecule has 0 amide bonds. The van der Waals surface area contributed by atoms with Gasteiger partial charge in [0.15, 0.2) is 0 Å². The summed E-state index contributed by atoms with van der Waals surface area (Å²) in [7, 11) is 0. The number of nitrogens with two attached hydrogens (primary N) is 1. The standard InChI is InChI=1S/C17H28N2O2/c1-3-13-5-7-17(20,8-6-13)12-19-15-9-14(18)10-16(11-15)21-4-2/h9-11,13,19-20H,3-8,12,18H2,1-2H3. The Balaban J connectivity index is 1.93. The van der Waals surface area contributed by atoms with Crippen molar-refractivity contribution in [3.05, 3.63) is 18.2 Å². The zero-order valence-corrected chi connectivity index (χ0v) is 13.2. The maximum Gasteiger partial charge on any atom is 0.123 e. The Kier molecular flexibility index (Phi) is 5.34. The van der Waals surface area contributed by atoms with E-state index in [4.69, 9.17) is 10.5 Å². The third-order valence-corrected chi connectivity index (χ3v) is 4.47. The summed E-state index contributed by atoms with van der Waals surface area (Å²) < 4.78 is 5.49. The van der Waals surface area contributed by atoms with E-state index in [1.165, 1.54) is 6.42 Å². The van der Waals surface area contributed by atoms with Gasteiger partial charge in [-0.05, 0) is 44.6 Å². The van der Waals surface area contributed by atoms with Crippen LogP contribution >= 0.6 is 0 Å². The van der Waals surface area contributed by atoms with E-state index < -0.39 is 5.60 Å². The Bertz CT molecular complexity index is 454. The molecule has 0 atom stereocenters. The van der Waals surface area contributed by atoms with E-state index in [2.05, 4.69) is 12.2 Å². The van der Waals surface area contributed by atoms with Crippen molar-refractivity contribution in [1.29, 1.82) is 0 Å². The summed E-state index contributed by atoms with van der Waals surface area (Å²) >= 11 is 0. The van der Waals surface area contributed by atoms with Crippen molar-refractivity contribution in [1.82, 2.24) is 0 Å². The molecule has 4 nitrogen and oxygen atoms in total. The molecule has 0 spiro atoms. The number of benzene rings is 1. The van der Waals surface area contributed by atoms with Crippen LogP contribution in [0.25, 0.3) is 0 Å². The molecular weight excluding hydrogens is 264 g/mol. The normalized spacial score (nSPS) is 25.6. The van der Waals surface area contributed by atoms with Crippen molar-refractivity contribution in [3.8, 4) is 5.75 Å². The first-order valence-corrected chi connectivity index (χ1v) is 8.04. The van der Waals surface area contributed by atoms with E-state index in [1.807, 2.05) is 25.1 Å². The first-order valence-electron chi connectivity index (χ1n) is 8.04. The second-order valence-corrected chi connectivity index (χ2v) is 6.15. The van der Waals surface area contributed by atoms with E-state index in [1.54, 1.807) is 0 Å². The molecule has 1 aliphatic rings. The molecule has 0 aromatic heterocycles. The lowest BCUT2D eigenvalue weighted by atomic mass is 9.78. The highest BCUT2D eigenvalue weighted by Crippen LogP contribution is 2.34. The van der Waals surface area contributed by atoms with E-state index >= 15 is 0 Å². The van der Waals surface area contributed by atoms with E-state index in [0.29, 0.717) is 18.8 Å². The van der Waals surface area contributed by atoms with Gasteiger partial charge in [0.25, 0.3) is 0 Å². The molecule has 0 heterocycles. The molecule has 0 bridgehead atoms. The average Bonchev–Trinajstić information content (AvgIpc) is 2.46. The lowest BCUT2D eigenvalue weighted by Gasteiger charge is -2.36. The highest BCUT2D eigenvalue weighted by molar-refractivity contribution is 5.59. The average molecular weight is 292 g/mol. The van der Waals surface area contributed by atoms with Crippen LogP contribution in [0.4, 0.5) is 11.4 Å². The minimum absolute atomic E-state index is 0.568. The van der Waals surface area contributed by atoms with Crippen molar-refractivity contribution in [3.63, 3.8) is 0 Å². The van der Waals surface area contributed by atoms with Crippen LogP contribution in [0.5, 0.6) is 5.75 Å². The number of anilines is 2. The first kappa shape index (κ1) is 16.0. The van der Waals surface area contributed by atoms with Crippen molar-refractivity contribution < 1.29 is 9.84 Å². The van der Waals surface area contributed by atoms with Crippen LogP contribution in [0.1, 0.15) is 46.0 Å². The maximum atomic E-state index is 10.7. The summed E-state index contributed by atoms with van der Waals surface area (Å²) in [5.74, 6) is 1.55. The molecule has 2 rings (SSSR count). The van der Waals surface area contributed by atoms with Gasteiger partial charge in [-0.1, -0.05) is 13.3 Å². The zero-order chi connectivity index (χ0) is 15.3. The Labute approximate surface area is 127 Å². The van der Waals surface area contributed by atoms with Gasteiger partial charge in [-0.3, -0.25) is 0 Å². The fourth-order valence-corrected chi connectivity index (χ4v) is 3.04. The third-order valence-electron chi connectivity index (χ3n) is 4.47. The van der Waals surface area contributed by atoms with Crippen LogP contribution in [0.15, 0.2) is 18.2 Å². The predicted octanol–water partition coefficient (Wildman–Crippen LogP) is 3.41. The van der Waals surface area contributed by atoms with Crippen molar-refractivity contribution in [2.75, 3.05) is 24.2 Å². The molecule has 118 valence electrons. The van der Waals surface area contributed by atoms with Gasteiger partial charge in [-0.25, -0.2) is 0 Å².